The maximum atomic E-state index is 13.1. The number of aldehydes is 1. The van der Waals surface area contributed by atoms with Crippen molar-refractivity contribution in [2.24, 2.45) is 0 Å². The van der Waals surface area contributed by atoms with Gasteiger partial charge in [0.1, 0.15) is 6.29 Å². The van der Waals surface area contributed by atoms with Crippen LogP contribution < -0.4 is 16.1 Å². The lowest BCUT2D eigenvalue weighted by atomic mass is 9.96. The second kappa shape index (κ2) is 7.00. The third-order valence-corrected chi connectivity index (χ3v) is 5.09. The molecule has 0 aromatic carbocycles. The van der Waals surface area contributed by atoms with E-state index in [0.29, 0.717) is 23.0 Å². The number of nitrogens with zero attached hydrogens (tertiary/aromatic N) is 2. The molecule has 5 heteroatoms. The molecule has 2 aromatic heterocycles. The van der Waals surface area contributed by atoms with Crippen molar-refractivity contribution in [3.05, 3.63) is 49.2 Å². The summed E-state index contributed by atoms with van der Waals surface area (Å²) in [5.74, 6) is -0.385. The van der Waals surface area contributed by atoms with E-state index in [1.165, 1.54) is 0 Å². The molecule has 0 N–H and O–H groups in total. The number of hydrogen-bond acceptors (Lipinski definition) is 4. The minimum Gasteiger partial charge on any atom is -0.380 e. The lowest BCUT2D eigenvalue weighted by molar-refractivity contribution is -0.108. The molecular formula is C21H24N2O3. The average Bonchev–Trinajstić information content (AvgIpc) is 2.99. The van der Waals surface area contributed by atoms with E-state index in [-0.39, 0.29) is 18.1 Å². The Kier molecular flexibility index (Phi) is 4.92. The molecule has 3 rings (SSSR count). The molecule has 0 radical (unpaired) electrons. The molecular weight excluding hydrogens is 328 g/mol. The van der Waals surface area contributed by atoms with Crippen LogP contribution in [0.5, 0.6) is 0 Å². The van der Waals surface area contributed by atoms with E-state index in [1.54, 1.807) is 18.6 Å². The molecule has 2 aromatic rings. The van der Waals surface area contributed by atoms with Crippen LogP contribution in [0.15, 0.2) is 10.9 Å². The highest BCUT2D eigenvalue weighted by Crippen LogP contribution is 2.32. The first-order valence-electron chi connectivity index (χ1n) is 8.85. The fraction of sp³-hybridized carbons (Fsp3) is 0.381. The van der Waals surface area contributed by atoms with Crippen LogP contribution in [0.4, 0.5) is 0 Å². The van der Waals surface area contributed by atoms with Gasteiger partial charge in [-0.2, -0.15) is 0 Å². The molecule has 0 bridgehead atoms. The lowest BCUT2D eigenvalue weighted by Gasteiger charge is -2.14. The van der Waals surface area contributed by atoms with Crippen molar-refractivity contribution in [2.45, 2.75) is 45.8 Å². The molecule has 0 aliphatic carbocycles. The Labute approximate surface area is 152 Å². The molecule has 3 heterocycles. The van der Waals surface area contributed by atoms with Gasteiger partial charge in [0.25, 0.3) is 5.56 Å². The number of methoxy groups -OCH3 is 1. The highest BCUT2D eigenvalue weighted by atomic mass is 16.5. The fourth-order valence-corrected chi connectivity index (χ4v) is 3.69. The van der Waals surface area contributed by atoms with Crippen LogP contribution in [0.2, 0.25) is 0 Å². The zero-order valence-electron chi connectivity index (χ0n) is 15.6. The first kappa shape index (κ1) is 18.3. The third-order valence-electron chi connectivity index (χ3n) is 5.09. The summed E-state index contributed by atoms with van der Waals surface area (Å²) >= 11 is 0. The first-order valence-corrected chi connectivity index (χ1v) is 8.85. The van der Waals surface area contributed by atoms with Crippen molar-refractivity contribution in [1.29, 1.82) is 0 Å². The highest BCUT2D eigenvalue weighted by molar-refractivity contribution is 5.70. The molecule has 26 heavy (non-hydrogen) atoms. The van der Waals surface area contributed by atoms with Gasteiger partial charge in [-0.1, -0.05) is 33.4 Å². The summed E-state index contributed by atoms with van der Waals surface area (Å²) in [4.78, 5) is 29.1. The standard InChI is InChI=1S/C21H24N2O3/c1-6-7-15-13(3)14(4)22-20-17(15)9-23-19(20)8-16(12(2)10-24)18(11-26-5)21(23)25/h8,10,12H,3-4,6-7,9,11H2,1-2,5H3. The number of carbonyl (C=O) groups is 1. The molecule has 136 valence electrons. The predicted octanol–water partition coefficient (Wildman–Crippen LogP) is 1.49. The minimum atomic E-state index is -0.385. The Bertz CT molecular complexity index is 1040. The smallest absolute Gasteiger partial charge is 0.257 e. The Balaban J connectivity index is 2.34. The molecule has 5 nitrogen and oxygen atoms in total. The number of pyridine rings is 2. The average molecular weight is 352 g/mol. The predicted molar refractivity (Wildman–Crippen MR) is 103 cm³/mol. The second-order valence-electron chi connectivity index (χ2n) is 6.81. The summed E-state index contributed by atoms with van der Waals surface area (Å²) in [7, 11) is 1.55. The Morgan fingerprint density at radius 3 is 2.73 bits per heavy atom. The van der Waals surface area contributed by atoms with Gasteiger partial charge in [0.15, 0.2) is 0 Å². The van der Waals surface area contributed by atoms with Gasteiger partial charge in [0.2, 0.25) is 0 Å². The molecule has 0 saturated carbocycles. The van der Waals surface area contributed by atoms with Crippen LogP contribution in [0.3, 0.4) is 0 Å². The molecule has 0 spiro atoms. The third kappa shape index (κ3) is 2.72. The van der Waals surface area contributed by atoms with Gasteiger partial charge >= 0.3 is 0 Å². The van der Waals surface area contributed by atoms with Gasteiger partial charge < -0.3 is 14.1 Å². The van der Waals surface area contributed by atoms with Gasteiger partial charge in [-0.25, -0.2) is 4.98 Å². The van der Waals surface area contributed by atoms with Gasteiger partial charge in [-0.3, -0.25) is 4.79 Å². The van der Waals surface area contributed by atoms with Gasteiger partial charge in [0.05, 0.1) is 29.9 Å². The van der Waals surface area contributed by atoms with Gasteiger partial charge in [-0.15, -0.1) is 0 Å². The molecule has 1 aliphatic heterocycles. The second-order valence-corrected chi connectivity index (χ2v) is 6.81. The van der Waals surface area contributed by atoms with Crippen molar-refractivity contribution in [2.75, 3.05) is 7.11 Å². The van der Waals surface area contributed by atoms with Crippen LogP contribution in [-0.2, 0) is 29.1 Å². The van der Waals surface area contributed by atoms with Crippen molar-refractivity contribution >= 4 is 19.4 Å². The quantitative estimate of drug-likeness (QED) is 0.631. The van der Waals surface area contributed by atoms with E-state index in [2.05, 4.69) is 25.1 Å². The van der Waals surface area contributed by atoms with Crippen molar-refractivity contribution in [3.8, 4) is 11.4 Å². The minimum absolute atomic E-state index is 0.121. The van der Waals surface area contributed by atoms with Crippen molar-refractivity contribution in [3.63, 3.8) is 0 Å². The van der Waals surface area contributed by atoms with Crippen LogP contribution in [0.25, 0.3) is 24.5 Å². The summed E-state index contributed by atoms with van der Waals surface area (Å²) in [5, 5.41) is 1.49. The summed E-state index contributed by atoms with van der Waals surface area (Å²) < 4.78 is 6.94. The monoisotopic (exact) mass is 352 g/mol. The summed E-state index contributed by atoms with van der Waals surface area (Å²) in [5.41, 5.74) is 4.82. The Hall–Kier alpha value is -2.53. The Morgan fingerprint density at radius 2 is 2.12 bits per heavy atom. The summed E-state index contributed by atoms with van der Waals surface area (Å²) in [6.45, 7) is 12.7. The topological polar surface area (TPSA) is 61.2 Å². The van der Waals surface area contributed by atoms with Crippen LogP contribution in [0.1, 0.15) is 48.4 Å². The van der Waals surface area contributed by atoms with E-state index in [1.807, 2.05) is 6.07 Å². The van der Waals surface area contributed by atoms with E-state index in [4.69, 9.17) is 4.74 Å². The van der Waals surface area contributed by atoms with E-state index in [9.17, 15) is 9.59 Å². The number of ether oxygens (including phenoxy) is 1. The highest BCUT2D eigenvalue weighted by Gasteiger charge is 2.28. The zero-order chi connectivity index (χ0) is 19.0. The summed E-state index contributed by atoms with van der Waals surface area (Å²) in [6, 6.07) is 1.91. The van der Waals surface area contributed by atoms with Gasteiger partial charge in [-0.05, 0) is 28.8 Å². The van der Waals surface area contributed by atoms with Crippen LogP contribution >= 0.6 is 0 Å². The fourth-order valence-electron chi connectivity index (χ4n) is 3.69. The molecule has 1 atom stereocenters. The molecule has 1 aliphatic rings. The largest absolute Gasteiger partial charge is 0.380 e. The van der Waals surface area contributed by atoms with E-state index in [0.717, 1.165) is 46.9 Å². The first-order chi connectivity index (χ1) is 12.4. The van der Waals surface area contributed by atoms with Crippen LogP contribution in [-0.4, -0.2) is 22.9 Å². The maximum Gasteiger partial charge on any atom is 0.257 e. The summed E-state index contributed by atoms with van der Waals surface area (Å²) in [6.07, 6.45) is 2.70. The molecule has 0 fully saturated rings. The molecule has 0 saturated heterocycles. The van der Waals surface area contributed by atoms with Crippen molar-refractivity contribution in [1.82, 2.24) is 9.55 Å². The number of carbonyl (C=O) groups excluding carboxylic acids is 1. The zero-order valence-corrected chi connectivity index (χ0v) is 15.6. The van der Waals surface area contributed by atoms with Crippen LogP contribution in [0, 0.1) is 0 Å². The maximum absolute atomic E-state index is 13.1. The van der Waals surface area contributed by atoms with E-state index >= 15 is 0 Å². The number of fused-ring (bicyclic) bond motifs is 3. The number of aromatic nitrogens is 2. The lowest BCUT2D eigenvalue weighted by Crippen LogP contribution is -2.31. The Morgan fingerprint density at radius 1 is 1.38 bits per heavy atom. The number of rotatable bonds is 6. The normalized spacial score (nSPS) is 13.3. The van der Waals surface area contributed by atoms with Crippen molar-refractivity contribution < 1.29 is 9.53 Å². The SMILES string of the molecule is C=c1nc2c(c(CCC)c1=C)Cn1c-2cc(C(C)C=O)c(COC)c1=O. The van der Waals surface area contributed by atoms with E-state index < -0.39 is 0 Å². The van der Waals surface area contributed by atoms with Gasteiger partial charge in [0, 0.05) is 24.2 Å². The molecule has 0 amide bonds. The molecule has 1 unspecified atom stereocenters. The number of hydrogen-bond donors (Lipinski definition) is 0.